The summed E-state index contributed by atoms with van der Waals surface area (Å²) in [6.45, 7) is 4.17. The van der Waals surface area contributed by atoms with Crippen molar-refractivity contribution in [2.24, 2.45) is 0 Å². The van der Waals surface area contributed by atoms with Gasteiger partial charge >= 0.3 is 0 Å². The third-order valence-electron chi connectivity index (χ3n) is 2.95. The summed E-state index contributed by atoms with van der Waals surface area (Å²) in [5, 5.41) is 3.31. The fourth-order valence-electron chi connectivity index (χ4n) is 2.07. The highest BCUT2D eigenvalue weighted by molar-refractivity contribution is 5.27. The van der Waals surface area contributed by atoms with Gasteiger partial charge in [0, 0.05) is 6.20 Å². The van der Waals surface area contributed by atoms with Gasteiger partial charge < -0.3 is 9.73 Å². The van der Waals surface area contributed by atoms with Crippen molar-refractivity contribution in [3.05, 3.63) is 53.2 Å². The molecule has 0 aliphatic carbocycles. The van der Waals surface area contributed by atoms with Crippen LogP contribution in [0.25, 0.3) is 0 Å². The van der Waals surface area contributed by atoms with Crippen LogP contribution in [0.4, 0.5) is 0 Å². The summed E-state index contributed by atoms with van der Waals surface area (Å²) in [7, 11) is 1.96. The molecule has 0 aliphatic rings. The summed E-state index contributed by atoms with van der Waals surface area (Å²) in [4.78, 5) is 4.54. The maximum absolute atomic E-state index is 5.10. The van der Waals surface area contributed by atoms with Gasteiger partial charge in [0.1, 0.15) is 0 Å². The van der Waals surface area contributed by atoms with Crippen molar-refractivity contribution in [3.8, 4) is 0 Å². The van der Waals surface area contributed by atoms with Gasteiger partial charge in [0.15, 0.2) is 0 Å². The van der Waals surface area contributed by atoms with Crippen LogP contribution in [0, 0.1) is 13.8 Å². The predicted octanol–water partition coefficient (Wildman–Crippen LogP) is 2.79. The van der Waals surface area contributed by atoms with E-state index in [2.05, 4.69) is 30.2 Å². The molecular formula is C14H18N2O. The second kappa shape index (κ2) is 5.15. The SMILES string of the molecule is CNC(Cc1ccoc1)c1ncc(C)cc1C. The van der Waals surface area contributed by atoms with E-state index in [9.17, 15) is 0 Å². The number of hydrogen-bond acceptors (Lipinski definition) is 3. The van der Waals surface area contributed by atoms with Gasteiger partial charge in [0.2, 0.25) is 0 Å². The highest BCUT2D eigenvalue weighted by Crippen LogP contribution is 2.20. The minimum atomic E-state index is 0.230. The molecule has 90 valence electrons. The molecule has 1 unspecified atom stereocenters. The van der Waals surface area contributed by atoms with Crippen LogP contribution in [-0.4, -0.2) is 12.0 Å². The molecule has 2 heterocycles. The molecule has 1 atom stereocenters. The Morgan fingerprint density at radius 1 is 1.41 bits per heavy atom. The van der Waals surface area contributed by atoms with Crippen LogP contribution in [0.15, 0.2) is 35.3 Å². The molecule has 0 amide bonds. The van der Waals surface area contributed by atoms with Gasteiger partial charge in [0.05, 0.1) is 24.3 Å². The standard InChI is InChI=1S/C14H18N2O/c1-10-6-11(2)14(16-8-10)13(15-3)7-12-4-5-17-9-12/h4-6,8-9,13,15H,7H2,1-3H3. The van der Waals surface area contributed by atoms with E-state index in [-0.39, 0.29) is 6.04 Å². The molecule has 2 aromatic heterocycles. The summed E-state index contributed by atoms with van der Waals surface area (Å²) in [5.74, 6) is 0. The molecule has 2 aromatic rings. The number of nitrogens with zero attached hydrogens (tertiary/aromatic N) is 1. The first-order valence-electron chi connectivity index (χ1n) is 5.82. The lowest BCUT2D eigenvalue weighted by molar-refractivity contribution is 0.545. The molecule has 0 fully saturated rings. The van der Waals surface area contributed by atoms with E-state index in [0.717, 1.165) is 12.1 Å². The van der Waals surface area contributed by atoms with Crippen molar-refractivity contribution in [1.29, 1.82) is 0 Å². The smallest absolute Gasteiger partial charge is 0.0935 e. The second-order valence-electron chi connectivity index (χ2n) is 4.39. The molecule has 3 nitrogen and oxygen atoms in total. The lowest BCUT2D eigenvalue weighted by Gasteiger charge is -2.17. The fourth-order valence-corrected chi connectivity index (χ4v) is 2.07. The van der Waals surface area contributed by atoms with E-state index in [1.165, 1.54) is 16.7 Å². The normalized spacial score (nSPS) is 12.6. The van der Waals surface area contributed by atoms with Crippen molar-refractivity contribution in [3.63, 3.8) is 0 Å². The van der Waals surface area contributed by atoms with Crippen molar-refractivity contribution in [1.82, 2.24) is 10.3 Å². The molecule has 2 rings (SSSR count). The second-order valence-corrected chi connectivity index (χ2v) is 4.39. The third-order valence-corrected chi connectivity index (χ3v) is 2.95. The Hall–Kier alpha value is -1.61. The van der Waals surface area contributed by atoms with E-state index >= 15 is 0 Å². The highest BCUT2D eigenvalue weighted by atomic mass is 16.3. The maximum atomic E-state index is 5.10. The topological polar surface area (TPSA) is 38.1 Å². The zero-order chi connectivity index (χ0) is 12.3. The van der Waals surface area contributed by atoms with Crippen LogP contribution in [-0.2, 0) is 6.42 Å². The summed E-state index contributed by atoms with van der Waals surface area (Å²) in [5.41, 5.74) is 4.72. The van der Waals surface area contributed by atoms with Crippen LogP contribution in [0.3, 0.4) is 0 Å². The number of likely N-dealkylation sites (N-methyl/N-ethyl adjacent to an activating group) is 1. The Morgan fingerprint density at radius 3 is 2.82 bits per heavy atom. The molecule has 0 saturated carbocycles. The van der Waals surface area contributed by atoms with E-state index in [0.29, 0.717) is 0 Å². The van der Waals surface area contributed by atoms with Crippen LogP contribution in [0.1, 0.15) is 28.4 Å². The zero-order valence-corrected chi connectivity index (χ0v) is 10.5. The lowest BCUT2D eigenvalue weighted by atomic mass is 10.0. The van der Waals surface area contributed by atoms with Gasteiger partial charge in [0.25, 0.3) is 0 Å². The first kappa shape index (κ1) is 11.9. The van der Waals surface area contributed by atoms with Gasteiger partial charge in [-0.15, -0.1) is 0 Å². The number of furan rings is 1. The molecule has 3 heteroatoms. The predicted molar refractivity (Wildman–Crippen MR) is 67.9 cm³/mol. The van der Waals surface area contributed by atoms with Crippen molar-refractivity contribution in [2.45, 2.75) is 26.3 Å². The van der Waals surface area contributed by atoms with Crippen molar-refractivity contribution < 1.29 is 4.42 Å². The van der Waals surface area contributed by atoms with E-state index < -0.39 is 0 Å². The molecule has 0 aromatic carbocycles. The van der Waals surface area contributed by atoms with Crippen LogP contribution in [0.2, 0.25) is 0 Å². The van der Waals surface area contributed by atoms with Gasteiger partial charge in [-0.1, -0.05) is 6.07 Å². The third kappa shape index (κ3) is 2.74. The van der Waals surface area contributed by atoms with Gasteiger partial charge in [-0.3, -0.25) is 4.98 Å². The number of nitrogens with one attached hydrogen (secondary N) is 1. The molecule has 0 spiro atoms. The number of aromatic nitrogens is 1. The minimum absolute atomic E-state index is 0.230. The van der Waals surface area contributed by atoms with Crippen molar-refractivity contribution >= 4 is 0 Å². The minimum Gasteiger partial charge on any atom is -0.472 e. The Labute approximate surface area is 102 Å². The van der Waals surface area contributed by atoms with Crippen LogP contribution < -0.4 is 5.32 Å². The molecule has 1 N–H and O–H groups in total. The van der Waals surface area contributed by atoms with Gasteiger partial charge in [-0.05, 0) is 50.1 Å². The number of pyridine rings is 1. The summed E-state index contributed by atoms with van der Waals surface area (Å²) in [6.07, 6.45) is 6.30. The number of aryl methyl sites for hydroxylation is 2. The van der Waals surface area contributed by atoms with E-state index in [1.54, 1.807) is 12.5 Å². The summed E-state index contributed by atoms with van der Waals surface area (Å²) < 4.78 is 5.10. The zero-order valence-electron chi connectivity index (χ0n) is 10.5. The monoisotopic (exact) mass is 230 g/mol. The molecule has 17 heavy (non-hydrogen) atoms. The Kier molecular flexibility index (Phi) is 3.59. The molecule has 0 aliphatic heterocycles. The first-order valence-corrected chi connectivity index (χ1v) is 5.82. The average molecular weight is 230 g/mol. The van der Waals surface area contributed by atoms with Crippen molar-refractivity contribution in [2.75, 3.05) is 7.05 Å². The lowest BCUT2D eigenvalue weighted by Crippen LogP contribution is -2.21. The fraction of sp³-hybridized carbons (Fsp3) is 0.357. The number of rotatable bonds is 4. The van der Waals surface area contributed by atoms with Crippen LogP contribution >= 0.6 is 0 Å². The average Bonchev–Trinajstić information content (AvgIpc) is 2.79. The Balaban J connectivity index is 2.23. The first-order chi connectivity index (χ1) is 8.20. The van der Waals surface area contributed by atoms with Crippen LogP contribution in [0.5, 0.6) is 0 Å². The van der Waals surface area contributed by atoms with Gasteiger partial charge in [-0.25, -0.2) is 0 Å². The Bertz CT molecular complexity index is 477. The molecular weight excluding hydrogens is 212 g/mol. The van der Waals surface area contributed by atoms with Gasteiger partial charge in [-0.2, -0.15) is 0 Å². The van der Waals surface area contributed by atoms with E-state index in [1.807, 2.05) is 19.3 Å². The largest absolute Gasteiger partial charge is 0.472 e. The molecule has 0 bridgehead atoms. The highest BCUT2D eigenvalue weighted by Gasteiger charge is 2.14. The Morgan fingerprint density at radius 2 is 2.24 bits per heavy atom. The van der Waals surface area contributed by atoms with E-state index in [4.69, 9.17) is 4.42 Å². The number of hydrogen-bond donors (Lipinski definition) is 1. The molecule has 0 radical (unpaired) electrons. The maximum Gasteiger partial charge on any atom is 0.0935 e. The summed E-state index contributed by atoms with van der Waals surface area (Å²) >= 11 is 0. The summed E-state index contributed by atoms with van der Waals surface area (Å²) in [6, 6.07) is 4.39. The quantitative estimate of drug-likeness (QED) is 0.877. The molecule has 0 saturated heterocycles.